The lowest BCUT2D eigenvalue weighted by molar-refractivity contribution is -0.154. The second-order valence-electron chi connectivity index (χ2n) is 10.1. The molecule has 32 heavy (non-hydrogen) atoms. The Kier molecular flexibility index (Phi) is 13.9. The van der Waals surface area contributed by atoms with Gasteiger partial charge in [0.25, 0.3) is 0 Å². The monoisotopic (exact) mass is 448 g/mol. The van der Waals surface area contributed by atoms with E-state index in [1.54, 1.807) is 20.8 Å². The second-order valence-corrected chi connectivity index (χ2v) is 10.1. The van der Waals surface area contributed by atoms with Gasteiger partial charge in [0.15, 0.2) is 0 Å². The average molecular weight is 449 g/mol. The SMILES string of the molecule is CCOC(=O)CC(C)(C)CCCCCCCCCCC(C)(C)C(C#N)(C#N)C(=O)OCC. The molecule has 0 bridgehead atoms. The van der Waals surface area contributed by atoms with Gasteiger partial charge in [0.2, 0.25) is 5.41 Å². The zero-order chi connectivity index (χ0) is 24.7. The average Bonchev–Trinajstić information content (AvgIpc) is 2.70. The van der Waals surface area contributed by atoms with Crippen LogP contribution < -0.4 is 0 Å². The predicted molar refractivity (Wildman–Crippen MR) is 125 cm³/mol. The van der Waals surface area contributed by atoms with Crippen LogP contribution in [0.3, 0.4) is 0 Å². The van der Waals surface area contributed by atoms with E-state index < -0.39 is 16.8 Å². The highest BCUT2D eigenvalue weighted by Gasteiger charge is 2.53. The van der Waals surface area contributed by atoms with E-state index in [2.05, 4.69) is 13.8 Å². The summed E-state index contributed by atoms with van der Waals surface area (Å²) >= 11 is 0. The molecule has 0 N–H and O–H groups in total. The molecule has 0 aromatic heterocycles. The second kappa shape index (κ2) is 14.9. The van der Waals surface area contributed by atoms with Crippen LogP contribution in [0.15, 0.2) is 0 Å². The number of unbranched alkanes of at least 4 members (excludes halogenated alkanes) is 7. The number of carbonyl (C=O) groups excluding carboxylic acids is 2. The quantitative estimate of drug-likeness (QED) is 0.186. The van der Waals surface area contributed by atoms with E-state index in [0.717, 1.165) is 38.5 Å². The third-order valence-corrected chi connectivity index (χ3v) is 6.27. The van der Waals surface area contributed by atoms with Crippen molar-refractivity contribution in [1.82, 2.24) is 0 Å². The lowest BCUT2D eigenvalue weighted by Crippen LogP contribution is -2.43. The number of carbonyl (C=O) groups is 2. The van der Waals surface area contributed by atoms with Gasteiger partial charge in [-0.3, -0.25) is 4.79 Å². The van der Waals surface area contributed by atoms with Crippen LogP contribution >= 0.6 is 0 Å². The highest BCUT2D eigenvalue weighted by Crippen LogP contribution is 2.43. The van der Waals surface area contributed by atoms with Gasteiger partial charge in [0, 0.05) is 5.41 Å². The Morgan fingerprint density at radius 1 is 0.719 bits per heavy atom. The Bertz CT molecular complexity index is 642. The van der Waals surface area contributed by atoms with Gasteiger partial charge in [-0.25, -0.2) is 4.79 Å². The number of nitriles is 2. The number of esters is 2. The van der Waals surface area contributed by atoms with Crippen LogP contribution in [0, 0.1) is 38.9 Å². The zero-order valence-corrected chi connectivity index (χ0v) is 21.2. The largest absolute Gasteiger partial charge is 0.466 e. The fraction of sp³-hybridized carbons (Fsp3) is 0.846. The van der Waals surface area contributed by atoms with Crippen molar-refractivity contribution in [2.75, 3.05) is 13.2 Å². The van der Waals surface area contributed by atoms with Crippen molar-refractivity contribution in [3.8, 4) is 12.1 Å². The topological polar surface area (TPSA) is 100 Å². The van der Waals surface area contributed by atoms with Crippen molar-refractivity contribution in [2.24, 2.45) is 16.2 Å². The first kappa shape index (κ1) is 29.9. The van der Waals surface area contributed by atoms with Gasteiger partial charge in [-0.2, -0.15) is 10.5 Å². The van der Waals surface area contributed by atoms with Gasteiger partial charge in [-0.15, -0.1) is 0 Å². The summed E-state index contributed by atoms with van der Waals surface area (Å²) in [7, 11) is 0. The standard InChI is InChI=1S/C26H44N2O4/c1-7-31-22(29)19-24(3,4)17-15-13-11-9-10-12-14-16-18-25(5,6)26(20-27,21-28)23(30)32-8-2/h7-19H2,1-6H3. The van der Waals surface area contributed by atoms with Gasteiger partial charge in [0.1, 0.15) is 0 Å². The summed E-state index contributed by atoms with van der Waals surface area (Å²) in [6.07, 6.45) is 11.0. The Morgan fingerprint density at radius 3 is 1.59 bits per heavy atom. The maximum atomic E-state index is 12.3. The minimum atomic E-state index is -1.76. The van der Waals surface area contributed by atoms with E-state index in [1.807, 2.05) is 19.1 Å². The van der Waals surface area contributed by atoms with Crippen molar-refractivity contribution in [3.63, 3.8) is 0 Å². The van der Waals surface area contributed by atoms with Gasteiger partial charge in [-0.05, 0) is 32.1 Å². The van der Waals surface area contributed by atoms with Crippen molar-refractivity contribution in [1.29, 1.82) is 10.5 Å². The fourth-order valence-electron chi connectivity index (χ4n) is 4.04. The minimum Gasteiger partial charge on any atom is -0.466 e. The molecule has 0 fully saturated rings. The van der Waals surface area contributed by atoms with Gasteiger partial charge >= 0.3 is 11.9 Å². The van der Waals surface area contributed by atoms with Crippen molar-refractivity contribution in [3.05, 3.63) is 0 Å². The number of hydrogen-bond donors (Lipinski definition) is 0. The lowest BCUT2D eigenvalue weighted by atomic mass is 9.64. The van der Waals surface area contributed by atoms with Crippen molar-refractivity contribution >= 4 is 11.9 Å². The van der Waals surface area contributed by atoms with Crippen LogP contribution in [-0.2, 0) is 19.1 Å². The Labute approximate surface area is 195 Å². The van der Waals surface area contributed by atoms with Crippen LogP contribution in [0.4, 0.5) is 0 Å². The van der Waals surface area contributed by atoms with Gasteiger partial charge in [-0.1, -0.05) is 79.1 Å². The lowest BCUT2D eigenvalue weighted by Gasteiger charge is -2.34. The van der Waals surface area contributed by atoms with Crippen LogP contribution in [-0.4, -0.2) is 25.2 Å². The molecule has 0 spiro atoms. The van der Waals surface area contributed by atoms with Crippen molar-refractivity contribution < 1.29 is 19.1 Å². The summed E-state index contributed by atoms with van der Waals surface area (Å²) in [5.74, 6) is -0.842. The molecule has 0 saturated carbocycles. The highest BCUT2D eigenvalue weighted by atomic mass is 16.5. The Morgan fingerprint density at radius 2 is 1.16 bits per heavy atom. The maximum Gasteiger partial charge on any atom is 0.341 e. The molecule has 0 rings (SSSR count). The normalized spacial score (nSPS) is 12.0. The molecule has 0 aliphatic heterocycles. The van der Waals surface area contributed by atoms with Crippen molar-refractivity contribution in [2.45, 2.75) is 112 Å². The summed E-state index contributed by atoms with van der Waals surface area (Å²) < 4.78 is 10.1. The molecular weight excluding hydrogens is 404 g/mol. The summed E-state index contributed by atoms with van der Waals surface area (Å²) in [4.78, 5) is 23.9. The van der Waals surface area contributed by atoms with Crippen LogP contribution in [0.1, 0.15) is 112 Å². The maximum absolute atomic E-state index is 12.3. The van der Waals surface area contributed by atoms with E-state index in [9.17, 15) is 20.1 Å². The van der Waals surface area contributed by atoms with Crippen LogP contribution in [0.25, 0.3) is 0 Å². The smallest absolute Gasteiger partial charge is 0.341 e. The van der Waals surface area contributed by atoms with E-state index in [0.29, 0.717) is 19.4 Å². The first-order valence-corrected chi connectivity index (χ1v) is 12.2. The number of rotatable bonds is 17. The zero-order valence-electron chi connectivity index (χ0n) is 21.2. The molecular formula is C26H44N2O4. The molecule has 0 atom stereocenters. The summed E-state index contributed by atoms with van der Waals surface area (Å²) in [5, 5.41) is 19.1. The van der Waals surface area contributed by atoms with E-state index >= 15 is 0 Å². The summed E-state index contributed by atoms with van der Waals surface area (Å²) in [6.45, 7) is 12.0. The minimum absolute atomic E-state index is 0.00924. The molecule has 0 amide bonds. The first-order valence-electron chi connectivity index (χ1n) is 12.2. The molecule has 0 aromatic rings. The van der Waals surface area contributed by atoms with E-state index in [-0.39, 0.29) is 18.0 Å². The molecule has 0 unspecified atom stereocenters. The fourth-order valence-corrected chi connectivity index (χ4v) is 4.04. The van der Waals surface area contributed by atoms with Crippen LogP contribution in [0.5, 0.6) is 0 Å². The molecule has 0 aliphatic carbocycles. The Hall–Kier alpha value is -2.08. The molecule has 0 aromatic carbocycles. The Balaban J connectivity index is 4.11. The van der Waals surface area contributed by atoms with E-state index in [4.69, 9.17) is 9.47 Å². The molecule has 182 valence electrons. The molecule has 6 heteroatoms. The molecule has 6 nitrogen and oxygen atoms in total. The number of nitrogens with zero attached hydrogens (tertiary/aromatic N) is 2. The molecule has 0 heterocycles. The first-order chi connectivity index (χ1) is 15.0. The number of hydrogen-bond acceptors (Lipinski definition) is 6. The molecule has 0 saturated heterocycles. The van der Waals surface area contributed by atoms with E-state index in [1.165, 1.54) is 19.3 Å². The predicted octanol–water partition coefficient (Wildman–Crippen LogP) is 6.49. The van der Waals surface area contributed by atoms with Crippen LogP contribution in [0.2, 0.25) is 0 Å². The molecule has 0 aliphatic rings. The third-order valence-electron chi connectivity index (χ3n) is 6.27. The van der Waals surface area contributed by atoms with Gasteiger partial charge in [0.05, 0.1) is 31.8 Å². The molecule has 0 radical (unpaired) electrons. The number of ether oxygens (including phenoxy) is 2. The summed E-state index contributed by atoms with van der Waals surface area (Å²) in [5.41, 5.74) is -2.53. The third kappa shape index (κ3) is 10.0. The van der Waals surface area contributed by atoms with Gasteiger partial charge < -0.3 is 9.47 Å². The highest BCUT2D eigenvalue weighted by molar-refractivity contribution is 5.84. The summed E-state index contributed by atoms with van der Waals surface area (Å²) in [6, 6.07) is 3.87.